The Morgan fingerprint density at radius 1 is 1.31 bits per heavy atom. The zero-order valence-electron chi connectivity index (χ0n) is 9.62. The SMILES string of the molecule is COC(=O)C(C)(C)OCc1ccc(Br)cc1. The van der Waals surface area contributed by atoms with Gasteiger partial charge in [0.15, 0.2) is 5.60 Å². The highest BCUT2D eigenvalue weighted by Crippen LogP contribution is 2.16. The molecule has 3 nitrogen and oxygen atoms in total. The molecule has 0 unspecified atom stereocenters. The number of hydrogen-bond acceptors (Lipinski definition) is 3. The standard InChI is InChI=1S/C12H15BrO3/c1-12(2,11(14)15-3)16-8-9-4-6-10(13)7-5-9/h4-7H,8H2,1-3H3. The van der Waals surface area contributed by atoms with Gasteiger partial charge in [-0.2, -0.15) is 0 Å². The summed E-state index contributed by atoms with van der Waals surface area (Å²) >= 11 is 3.36. The second kappa shape index (κ2) is 5.46. The third kappa shape index (κ3) is 3.61. The molecule has 0 aliphatic carbocycles. The van der Waals surface area contributed by atoms with Crippen molar-refractivity contribution in [2.24, 2.45) is 0 Å². The Balaban J connectivity index is 2.57. The van der Waals surface area contributed by atoms with Crippen LogP contribution < -0.4 is 0 Å². The summed E-state index contributed by atoms with van der Waals surface area (Å²) in [6.07, 6.45) is 0. The molecule has 0 fully saturated rings. The van der Waals surface area contributed by atoms with Gasteiger partial charge in [0.1, 0.15) is 0 Å². The fourth-order valence-corrected chi connectivity index (χ4v) is 1.41. The van der Waals surface area contributed by atoms with Crippen LogP contribution in [-0.2, 0) is 20.9 Å². The van der Waals surface area contributed by atoms with Crippen LogP contribution in [0, 0.1) is 0 Å². The molecule has 16 heavy (non-hydrogen) atoms. The summed E-state index contributed by atoms with van der Waals surface area (Å²) in [6, 6.07) is 7.75. The van der Waals surface area contributed by atoms with E-state index in [0.29, 0.717) is 6.61 Å². The van der Waals surface area contributed by atoms with Crippen LogP contribution in [0.25, 0.3) is 0 Å². The molecule has 88 valence electrons. The monoisotopic (exact) mass is 286 g/mol. The molecule has 1 aromatic rings. The number of halogens is 1. The first-order valence-electron chi connectivity index (χ1n) is 4.92. The minimum Gasteiger partial charge on any atom is -0.467 e. The van der Waals surface area contributed by atoms with Gasteiger partial charge in [0.25, 0.3) is 0 Å². The molecule has 0 aromatic heterocycles. The minimum atomic E-state index is -0.915. The predicted octanol–water partition coefficient (Wildman–Crippen LogP) is 2.92. The summed E-state index contributed by atoms with van der Waals surface area (Å²) in [6.45, 7) is 3.77. The summed E-state index contributed by atoms with van der Waals surface area (Å²) in [7, 11) is 1.35. The van der Waals surface area contributed by atoms with E-state index in [9.17, 15) is 4.79 Å². The third-order valence-corrected chi connectivity index (χ3v) is 2.72. The first-order chi connectivity index (χ1) is 7.45. The summed E-state index contributed by atoms with van der Waals surface area (Å²) in [5.41, 5.74) is 0.0992. The first-order valence-corrected chi connectivity index (χ1v) is 5.72. The molecule has 0 N–H and O–H groups in total. The van der Waals surface area contributed by atoms with Crippen molar-refractivity contribution in [3.63, 3.8) is 0 Å². The lowest BCUT2D eigenvalue weighted by atomic mass is 10.1. The Hall–Kier alpha value is -0.870. The Labute approximate surface area is 104 Å². The fourth-order valence-electron chi connectivity index (χ4n) is 1.15. The third-order valence-electron chi connectivity index (χ3n) is 2.19. The van der Waals surface area contributed by atoms with Crippen molar-refractivity contribution in [3.05, 3.63) is 34.3 Å². The molecule has 4 heteroatoms. The van der Waals surface area contributed by atoms with Crippen molar-refractivity contribution in [1.82, 2.24) is 0 Å². The number of ether oxygens (including phenoxy) is 2. The highest BCUT2D eigenvalue weighted by atomic mass is 79.9. The highest BCUT2D eigenvalue weighted by molar-refractivity contribution is 9.10. The Bertz CT molecular complexity index is 357. The maximum Gasteiger partial charge on any atom is 0.337 e. The molecule has 0 radical (unpaired) electrons. The van der Waals surface area contributed by atoms with E-state index in [1.807, 2.05) is 24.3 Å². The van der Waals surface area contributed by atoms with E-state index in [1.165, 1.54) is 7.11 Å². The van der Waals surface area contributed by atoms with Crippen LogP contribution in [-0.4, -0.2) is 18.7 Å². The molecule has 1 rings (SSSR count). The highest BCUT2D eigenvalue weighted by Gasteiger charge is 2.29. The summed E-state index contributed by atoms with van der Waals surface area (Å²) < 4.78 is 11.2. The molecule has 0 atom stereocenters. The van der Waals surface area contributed by atoms with Gasteiger partial charge in [-0.25, -0.2) is 4.79 Å². The average Bonchev–Trinajstić information content (AvgIpc) is 2.27. The van der Waals surface area contributed by atoms with Gasteiger partial charge >= 0.3 is 5.97 Å². The molecule has 0 aliphatic rings. The quantitative estimate of drug-likeness (QED) is 0.799. The van der Waals surface area contributed by atoms with Gasteiger partial charge in [-0.3, -0.25) is 0 Å². The molecule has 0 saturated carbocycles. The first kappa shape index (κ1) is 13.2. The molecular weight excluding hydrogens is 272 g/mol. The van der Waals surface area contributed by atoms with E-state index in [2.05, 4.69) is 20.7 Å². The molecule has 1 aromatic carbocycles. The van der Waals surface area contributed by atoms with E-state index in [-0.39, 0.29) is 5.97 Å². The number of carbonyl (C=O) groups is 1. The smallest absolute Gasteiger partial charge is 0.337 e. The van der Waals surface area contributed by atoms with Gasteiger partial charge in [-0.15, -0.1) is 0 Å². The van der Waals surface area contributed by atoms with Crippen molar-refractivity contribution in [2.75, 3.05) is 7.11 Å². The van der Waals surface area contributed by atoms with Crippen molar-refractivity contribution < 1.29 is 14.3 Å². The number of esters is 1. The van der Waals surface area contributed by atoms with Crippen LogP contribution in [0.15, 0.2) is 28.7 Å². The Morgan fingerprint density at radius 2 is 1.88 bits per heavy atom. The van der Waals surface area contributed by atoms with E-state index < -0.39 is 5.60 Å². The number of hydrogen-bond donors (Lipinski definition) is 0. The van der Waals surface area contributed by atoms with E-state index in [4.69, 9.17) is 4.74 Å². The van der Waals surface area contributed by atoms with Crippen molar-refractivity contribution in [2.45, 2.75) is 26.1 Å². The van der Waals surface area contributed by atoms with Gasteiger partial charge in [0.05, 0.1) is 13.7 Å². The van der Waals surface area contributed by atoms with Crippen molar-refractivity contribution in [1.29, 1.82) is 0 Å². The molecule has 0 amide bonds. The summed E-state index contributed by atoms with van der Waals surface area (Å²) in [5, 5.41) is 0. The number of methoxy groups -OCH3 is 1. The molecule has 0 spiro atoms. The lowest BCUT2D eigenvalue weighted by Gasteiger charge is -2.22. The Kier molecular flexibility index (Phi) is 4.50. The molecular formula is C12H15BrO3. The lowest BCUT2D eigenvalue weighted by molar-refractivity contribution is -0.166. The zero-order chi connectivity index (χ0) is 12.2. The van der Waals surface area contributed by atoms with Gasteiger partial charge in [0.2, 0.25) is 0 Å². The second-order valence-electron chi connectivity index (χ2n) is 3.92. The van der Waals surface area contributed by atoms with Gasteiger partial charge < -0.3 is 9.47 Å². The maximum atomic E-state index is 11.4. The van der Waals surface area contributed by atoms with Crippen LogP contribution >= 0.6 is 15.9 Å². The second-order valence-corrected chi connectivity index (χ2v) is 4.83. The molecule has 0 saturated heterocycles. The minimum absolute atomic E-state index is 0.371. The average molecular weight is 287 g/mol. The summed E-state index contributed by atoms with van der Waals surface area (Å²) in [5.74, 6) is -0.371. The topological polar surface area (TPSA) is 35.5 Å². The van der Waals surface area contributed by atoms with Crippen LogP contribution in [0.2, 0.25) is 0 Å². The Morgan fingerprint density at radius 3 is 2.38 bits per heavy atom. The molecule has 0 bridgehead atoms. The maximum absolute atomic E-state index is 11.4. The molecule has 0 aliphatic heterocycles. The van der Waals surface area contributed by atoms with E-state index in [0.717, 1.165) is 10.0 Å². The van der Waals surface area contributed by atoms with Crippen LogP contribution in [0.4, 0.5) is 0 Å². The van der Waals surface area contributed by atoms with Crippen molar-refractivity contribution in [3.8, 4) is 0 Å². The fraction of sp³-hybridized carbons (Fsp3) is 0.417. The van der Waals surface area contributed by atoms with Gasteiger partial charge in [-0.05, 0) is 31.5 Å². The van der Waals surface area contributed by atoms with Crippen LogP contribution in [0.3, 0.4) is 0 Å². The van der Waals surface area contributed by atoms with Crippen LogP contribution in [0.1, 0.15) is 19.4 Å². The number of benzene rings is 1. The van der Waals surface area contributed by atoms with Crippen LogP contribution in [0.5, 0.6) is 0 Å². The summed E-state index contributed by atoms with van der Waals surface area (Å²) in [4.78, 5) is 11.4. The zero-order valence-corrected chi connectivity index (χ0v) is 11.2. The van der Waals surface area contributed by atoms with E-state index in [1.54, 1.807) is 13.8 Å². The lowest BCUT2D eigenvalue weighted by Crippen LogP contribution is -2.35. The number of rotatable bonds is 4. The normalized spacial score (nSPS) is 11.2. The largest absolute Gasteiger partial charge is 0.467 e. The van der Waals surface area contributed by atoms with Gasteiger partial charge in [0, 0.05) is 4.47 Å². The number of carbonyl (C=O) groups excluding carboxylic acids is 1. The van der Waals surface area contributed by atoms with E-state index >= 15 is 0 Å². The van der Waals surface area contributed by atoms with Gasteiger partial charge in [-0.1, -0.05) is 28.1 Å². The van der Waals surface area contributed by atoms with Crippen molar-refractivity contribution >= 4 is 21.9 Å². The predicted molar refractivity (Wildman–Crippen MR) is 65.0 cm³/mol. The molecule has 0 heterocycles.